The maximum absolute atomic E-state index is 4.45. The van der Waals surface area contributed by atoms with Crippen LogP contribution >= 0.6 is 11.8 Å². The first-order valence-electron chi connectivity index (χ1n) is 4.81. The van der Waals surface area contributed by atoms with Gasteiger partial charge in [0.1, 0.15) is 0 Å². The average molecular weight is 206 g/mol. The summed E-state index contributed by atoms with van der Waals surface area (Å²) in [5, 5.41) is 4.33. The van der Waals surface area contributed by atoms with Gasteiger partial charge in [-0.15, -0.1) is 11.8 Å². The van der Waals surface area contributed by atoms with E-state index in [0.717, 1.165) is 18.8 Å². The number of nitrogens with one attached hydrogen (secondary N) is 1. The van der Waals surface area contributed by atoms with E-state index < -0.39 is 0 Å². The fraction of sp³-hybridized carbons (Fsp3) is 0.364. The van der Waals surface area contributed by atoms with Crippen molar-refractivity contribution in [2.45, 2.75) is 6.54 Å². The lowest BCUT2D eigenvalue weighted by atomic mass is 10.1. The molecule has 2 nitrogen and oxygen atoms in total. The fourth-order valence-electron chi connectivity index (χ4n) is 1.48. The molecule has 0 saturated heterocycles. The highest BCUT2D eigenvalue weighted by molar-refractivity contribution is 8.14. The third-order valence-electron chi connectivity index (χ3n) is 2.17. The Morgan fingerprint density at radius 1 is 1.36 bits per heavy atom. The molecule has 3 heteroatoms. The van der Waals surface area contributed by atoms with Crippen molar-refractivity contribution < 1.29 is 0 Å². The number of rotatable bonds is 3. The molecule has 0 spiro atoms. The smallest absolute Gasteiger partial charge is 0.0977 e. The molecule has 1 aromatic rings. The van der Waals surface area contributed by atoms with Gasteiger partial charge < -0.3 is 5.32 Å². The third-order valence-corrected chi connectivity index (χ3v) is 3.19. The zero-order valence-corrected chi connectivity index (χ0v) is 9.10. The Balaban J connectivity index is 2.13. The van der Waals surface area contributed by atoms with E-state index in [-0.39, 0.29) is 0 Å². The highest BCUT2D eigenvalue weighted by atomic mass is 32.2. The number of nitrogens with zero attached hydrogens (tertiary/aromatic N) is 1. The summed E-state index contributed by atoms with van der Waals surface area (Å²) in [6.07, 6.45) is 0. The van der Waals surface area contributed by atoms with Crippen LogP contribution in [-0.2, 0) is 6.54 Å². The van der Waals surface area contributed by atoms with Crippen LogP contribution in [0.5, 0.6) is 0 Å². The predicted octanol–water partition coefficient (Wildman–Crippen LogP) is 1.90. The molecule has 2 rings (SSSR count). The van der Waals surface area contributed by atoms with Gasteiger partial charge in [-0.25, -0.2) is 0 Å². The van der Waals surface area contributed by atoms with Crippen LogP contribution < -0.4 is 5.32 Å². The van der Waals surface area contributed by atoms with Crippen LogP contribution in [0, 0.1) is 0 Å². The lowest BCUT2D eigenvalue weighted by molar-refractivity contribution is 0.818. The van der Waals surface area contributed by atoms with Crippen LogP contribution in [0.25, 0.3) is 0 Å². The van der Waals surface area contributed by atoms with E-state index in [4.69, 9.17) is 0 Å². The maximum Gasteiger partial charge on any atom is 0.0977 e. The van der Waals surface area contributed by atoms with Gasteiger partial charge in [0.05, 0.1) is 5.04 Å². The van der Waals surface area contributed by atoms with E-state index in [1.807, 2.05) is 18.8 Å². The third kappa shape index (κ3) is 2.16. The Labute approximate surface area is 88.8 Å². The van der Waals surface area contributed by atoms with Gasteiger partial charge in [-0.1, -0.05) is 24.3 Å². The van der Waals surface area contributed by atoms with Crippen LogP contribution in [-0.4, -0.2) is 24.4 Å². The number of aliphatic imine (C=N–C) groups is 1. The molecule has 0 amide bonds. The Morgan fingerprint density at radius 2 is 2.14 bits per heavy atom. The van der Waals surface area contributed by atoms with Gasteiger partial charge in [-0.05, 0) is 12.6 Å². The van der Waals surface area contributed by atoms with E-state index >= 15 is 0 Å². The Morgan fingerprint density at radius 3 is 2.71 bits per heavy atom. The standard InChI is InChI=1S/C11H14N2S/c1-12-8-9-2-4-10(5-3-9)11-13-6-7-14-11/h2-5,12H,6-8H2,1H3. The summed E-state index contributed by atoms with van der Waals surface area (Å²) in [6, 6.07) is 8.63. The first kappa shape index (κ1) is 9.74. The van der Waals surface area contributed by atoms with Crippen LogP contribution in [0.1, 0.15) is 11.1 Å². The SMILES string of the molecule is CNCc1ccc(C2=NCCS2)cc1. The van der Waals surface area contributed by atoms with Gasteiger partial charge in [-0.3, -0.25) is 4.99 Å². The molecule has 0 saturated carbocycles. The normalized spacial score (nSPS) is 15.6. The second-order valence-corrected chi connectivity index (χ2v) is 4.35. The van der Waals surface area contributed by atoms with Gasteiger partial charge in [0.2, 0.25) is 0 Å². The molecular formula is C11H14N2S. The van der Waals surface area contributed by atoms with Gasteiger partial charge >= 0.3 is 0 Å². The molecule has 1 aliphatic rings. The summed E-state index contributed by atoms with van der Waals surface area (Å²) >= 11 is 1.85. The highest BCUT2D eigenvalue weighted by Crippen LogP contribution is 2.19. The van der Waals surface area contributed by atoms with Crippen LogP contribution in [0.3, 0.4) is 0 Å². The summed E-state index contributed by atoms with van der Waals surface area (Å²) < 4.78 is 0. The Bertz CT molecular complexity index is 330. The summed E-state index contributed by atoms with van der Waals surface area (Å²) in [5.74, 6) is 1.13. The second-order valence-electron chi connectivity index (χ2n) is 3.26. The molecule has 14 heavy (non-hydrogen) atoms. The fourth-order valence-corrected chi connectivity index (χ4v) is 2.34. The minimum Gasteiger partial charge on any atom is -0.316 e. The lowest BCUT2D eigenvalue weighted by Crippen LogP contribution is -2.05. The minimum absolute atomic E-state index is 0.930. The van der Waals surface area contributed by atoms with Crippen molar-refractivity contribution in [3.63, 3.8) is 0 Å². The molecule has 0 fully saturated rings. The van der Waals surface area contributed by atoms with E-state index in [2.05, 4.69) is 34.6 Å². The number of hydrogen-bond acceptors (Lipinski definition) is 3. The number of hydrogen-bond donors (Lipinski definition) is 1. The minimum atomic E-state index is 0.930. The van der Waals surface area contributed by atoms with E-state index in [9.17, 15) is 0 Å². The van der Waals surface area contributed by atoms with Crippen molar-refractivity contribution in [1.29, 1.82) is 0 Å². The number of thioether (sulfide) groups is 1. The van der Waals surface area contributed by atoms with Gasteiger partial charge in [0.25, 0.3) is 0 Å². The van der Waals surface area contributed by atoms with Crippen LogP contribution in [0.4, 0.5) is 0 Å². The van der Waals surface area contributed by atoms with Gasteiger partial charge in [0, 0.05) is 24.4 Å². The Kier molecular flexibility index (Phi) is 3.22. The van der Waals surface area contributed by atoms with Crippen molar-refractivity contribution >= 4 is 16.8 Å². The summed E-state index contributed by atoms with van der Waals surface area (Å²) in [7, 11) is 1.96. The monoisotopic (exact) mass is 206 g/mol. The molecule has 0 unspecified atom stereocenters. The van der Waals surface area contributed by atoms with Crippen molar-refractivity contribution in [3.8, 4) is 0 Å². The van der Waals surface area contributed by atoms with Crippen molar-refractivity contribution in [1.82, 2.24) is 5.32 Å². The summed E-state index contributed by atoms with van der Waals surface area (Å²) in [5.41, 5.74) is 2.58. The molecule has 0 bridgehead atoms. The molecular weight excluding hydrogens is 192 g/mol. The highest BCUT2D eigenvalue weighted by Gasteiger charge is 2.08. The number of benzene rings is 1. The molecule has 0 radical (unpaired) electrons. The molecule has 0 aliphatic carbocycles. The zero-order chi connectivity index (χ0) is 9.80. The predicted molar refractivity (Wildman–Crippen MR) is 63.1 cm³/mol. The largest absolute Gasteiger partial charge is 0.316 e. The molecule has 74 valence electrons. The molecule has 1 aromatic carbocycles. The van der Waals surface area contributed by atoms with E-state index in [0.29, 0.717) is 0 Å². The summed E-state index contributed by atoms with van der Waals surface area (Å²) in [6.45, 7) is 1.90. The van der Waals surface area contributed by atoms with Gasteiger partial charge in [0.15, 0.2) is 0 Å². The molecule has 1 heterocycles. The maximum atomic E-state index is 4.45. The summed E-state index contributed by atoms with van der Waals surface area (Å²) in [4.78, 5) is 4.45. The molecule has 1 N–H and O–H groups in total. The first-order chi connectivity index (χ1) is 6.90. The molecule has 0 aromatic heterocycles. The van der Waals surface area contributed by atoms with Crippen molar-refractivity contribution in [2.24, 2.45) is 4.99 Å². The first-order valence-corrected chi connectivity index (χ1v) is 5.80. The van der Waals surface area contributed by atoms with Crippen molar-refractivity contribution in [3.05, 3.63) is 35.4 Å². The average Bonchev–Trinajstić information content (AvgIpc) is 2.72. The lowest BCUT2D eigenvalue weighted by Gasteiger charge is -2.02. The topological polar surface area (TPSA) is 24.4 Å². The Hall–Kier alpha value is -0.800. The molecule has 0 atom stereocenters. The second kappa shape index (κ2) is 4.62. The molecule has 1 aliphatic heterocycles. The van der Waals surface area contributed by atoms with Gasteiger partial charge in [-0.2, -0.15) is 0 Å². The quantitative estimate of drug-likeness (QED) is 0.817. The van der Waals surface area contributed by atoms with Crippen LogP contribution in [0.15, 0.2) is 29.3 Å². The van der Waals surface area contributed by atoms with E-state index in [1.54, 1.807) is 0 Å². The van der Waals surface area contributed by atoms with Crippen LogP contribution in [0.2, 0.25) is 0 Å². The van der Waals surface area contributed by atoms with Crippen molar-refractivity contribution in [2.75, 3.05) is 19.3 Å². The zero-order valence-electron chi connectivity index (χ0n) is 8.29. The van der Waals surface area contributed by atoms with E-state index in [1.165, 1.54) is 16.2 Å².